The molecule has 1 fully saturated rings. The number of hydrogen-bond donors (Lipinski definition) is 2. The smallest absolute Gasteiger partial charge is 0.0584 e. The van der Waals surface area contributed by atoms with Crippen molar-refractivity contribution in [1.29, 1.82) is 0 Å². The van der Waals surface area contributed by atoms with Gasteiger partial charge < -0.3 is 10.4 Å². The number of aliphatic hydroxyl groups is 1. The minimum absolute atomic E-state index is 0.296. The molecule has 2 nitrogen and oxygen atoms in total. The van der Waals surface area contributed by atoms with E-state index in [0.717, 1.165) is 12.5 Å². The molecule has 0 aromatic carbocycles. The van der Waals surface area contributed by atoms with Crippen molar-refractivity contribution in [2.75, 3.05) is 13.2 Å². The van der Waals surface area contributed by atoms with E-state index in [1.165, 1.54) is 32.1 Å². The van der Waals surface area contributed by atoms with Crippen molar-refractivity contribution in [2.45, 2.75) is 45.1 Å². The summed E-state index contributed by atoms with van der Waals surface area (Å²) in [6, 6.07) is 0.345. The van der Waals surface area contributed by atoms with E-state index >= 15 is 0 Å². The van der Waals surface area contributed by atoms with E-state index in [9.17, 15) is 0 Å². The number of rotatable bonds is 5. The highest BCUT2D eigenvalue weighted by molar-refractivity contribution is 4.74. The van der Waals surface area contributed by atoms with Crippen LogP contribution in [0.3, 0.4) is 0 Å². The van der Waals surface area contributed by atoms with Crippen LogP contribution in [-0.2, 0) is 0 Å². The molecule has 1 unspecified atom stereocenters. The maximum Gasteiger partial charge on any atom is 0.0584 e. The molecule has 1 atom stereocenters. The molecule has 2 N–H and O–H groups in total. The third-order valence-electron chi connectivity index (χ3n) is 2.81. The summed E-state index contributed by atoms with van der Waals surface area (Å²) >= 11 is 0. The molecule has 0 spiro atoms. The van der Waals surface area contributed by atoms with Gasteiger partial charge in [-0.1, -0.05) is 32.6 Å². The van der Waals surface area contributed by atoms with Gasteiger partial charge in [0.05, 0.1) is 6.61 Å². The van der Waals surface area contributed by atoms with Crippen molar-refractivity contribution < 1.29 is 5.11 Å². The molecule has 0 aliphatic heterocycles. The lowest BCUT2D eigenvalue weighted by molar-refractivity contribution is 0.221. The van der Waals surface area contributed by atoms with Crippen molar-refractivity contribution in [1.82, 2.24) is 5.32 Å². The van der Waals surface area contributed by atoms with Crippen LogP contribution in [-0.4, -0.2) is 24.3 Å². The lowest BCUT2D eigenvalue weighted by Crippen LogP contribution is -2.33. The lowest BCUT2D eigenvalue weighted by atomic mass is 9.99. The summed E-state index contributed by atoms with van der Waals surface area (Å²) in [7, 11) is 0. The van der Waals surface area contributed by atoms with Gasteiger partial charge in [-0.15, -0.1) is 0 Å². The molecular weight excluding hydrogens is 150 g/mol. The van der Waals surface area contributed by atoms with E-state index in [4.69, 9.17) is 5.11 Å². The van der Waals surface area contributed by atoms with Gasteiger partial charge in [0.25, 0.3) is 0 Å². The predicted molar refractivity (Wildman–Crippen MR) is 51.1 cm³/mol. The van der Waals surface area contributed by atoms with E-state index in [1.54, 1.807) is 0 Å². The van der Waals surface area contributed by atoms with E-state index in [2.05, 4.69) is 12.2 Å². The van der Waals surface area contributed by atoms with E-state index in [-0.39, 0.29) is 0 Å². The van der Waals surface area contributed by atoms with Crippen molar-refractivity contribution >= 4 is 0 Å². The normalized spacial score (nSPS) is 21.5. The Bertz CT molecular complexity index is 110. The standard InChI is InChI=1S/C10H21NO/c1-2-11-10(8-12)7-9-5-3-4-6-9/h9-12H,2-8H2,1H3. The Hall–Kier alpha value is -0.0800. The van der Waals surface area contributed by atoms with Crippen LogP contribution >= 0.6 is 0 Å². The fourth-order valence-corrected chi connectivity index (χ4v) is 2.16. The predicted octanol–water partition coefficient (Wildman–Crippen LogP) is 1.54. The molecular formula is C10H21NO. The second-order valence-electron chi connectivity index (χ2n) is 3.82. The fraction of sp³-hybridized carbons (Fsp3) is 1.00. The van der Waals surface area contributed by atoms with Crippen LogP contribution in [0.5, 0.6) is 0 Å². The quantitative estimate of drug-likeness (QED) is 0.657. The Balaban J connectivity index is 2.16. The highest BCUT2D eigenvalue weighted by atomic mass is 16.3. The van der Waals surface area contributed by atoms with Gasteiger partial charge in [-0.25, -0.2) is 0 Å². The maximum absolute atomic E-state index is 9.05. The summed E-state index contributed by atoms with van der Waals surface area (Å²) in [4.78, 5) is 0. The molecule has 1 aliphatic carbocycles. The Kier molecular flexibility index (Phi) is 4.62. The molecule has 0 saturated heterocycles. The van der Waals surface area contributed by atoms with Gasteiger partial charge in [0.1, 0.15) is 0 Å². The number of likely N-dealkylation sites (N-methyl/N-ethyl adjacent to an activating group) is 1. The largest absolute Gasteiger partial charge is 0.395 e. The van der Waals surface area contributed by atoms with Crippen LogP contribution in [0.25, 0.3) is 0 Å². The first-order valence-corrected chi connectivity index (χ1v) is 5.21. The van der Waals surface area contributed by atoms with Crippen LogP contribution < -0.4 is 5.32 Å². The van der Waals surface area contributed by atoms with E-state index in [0.29, 0.717) is 12.6 Å². The van der Waals surface area contributed by atoms with Crippen LogP contribution in [0.2, 0.25) is 0 Å². The molecule has 0 heterocycles. The van der Waals surface area contributed by atoms with Crippen molar-refractivity contribution in [3.05, 3.63) is 0 Å². The van der Waals surface area contributed by atoms with E-state index in [1.807, 2.05) is 0 Å². The average Bonchev–Trinajstić information content (AvgIpc) is 2.56. The van der Waals surface area contributed by atoms with E-state index < -0.39 is 0 Å². The third kappa shape index (κ3) is 3.11. The summed E-state index contributed by atoms with van der Waals surface area (Å²) in [5.74, 6) is 0.876. The molecule has 0 bridgehead atoms. The second kappa shape index (κ2) is 5.55. The van der Waals surface area contributed by atoms with Crippen molar-refractivity contribution in [3.8, 4) is 0 Å². The second-order valence-corrected chi connectivity index (χ2v) is 3.82. The first-order chi connectivity index (χ1) is 5.86. The summed E-state index contributed by atoms with van der Waals surface area (Å²) in [6.45, 7) is 3.36. The molecule has 12 heavy (non-hydrogen) atoms. The van der Waals surface area contributed by atoms with Gasteiger partial charge in [-0.2, -0.15) is 0 Å². The summed E-state index contributed by atoms with van der Waals surface area (Å²) < 4.78 is 0. The molecule has 1 saturated carbocycles. The van der Waals surface area contributed by atoms with Gasteiger partial charge in [-0.05, 0) is 18.9 Å². The van der Waals surface area contributed by atoms with Crippen LogP contribution in [0.15, 0.2) is 0 Å². The topological polar surface area (TPSA) is 32.3 Å². The molecule has 72 valence electrons. The minimum Gasteiger partial charge on any atom is -0.395 e. The number of hydrogen-bond acceptors (Lipinski definition) is 2. The third-order valence-corrected chi connectivity index (χ3v) is 2.81. The van der Waals surface area contributed by atoms with Gasteiger partial charge in [0, 0.05) is 6.04 Å². The number of aliphatic hydroxyl groups excluding tert-OH is 1. The lowest BCUT2D eigenvalue weighted by Gasteiger charge is -2.18. The molecule has 0 aromatic heterocycles. The molecule has 0 aromatic rings. The van der Waals surface area contributed by atoms with Gasteiger partial charge in [-0.3, -0.25) is 0 Å². The zero-order chi connectivity index (χ0) is 8.81. The summed E-state index contributed by atoms with van der Waals surface area (Å²) in [5, 5.41) is 12.4. The first-order valence-electron chi connectivity index (χ1n) is 5.21. The van der Waals surface area contributed by atoms with Crippen LogP contribution in [0.4, 0.5) is 0 Å². The number of nitrogens with one attached hydrogen (secondary N) is 1. The maximum atomic E-state index is 9.05. The SMILES string of the molecule is CCNC(CO)CC1CCCC1. The van der Waals surface area contributed by atoms with Crippen molar-refractivity contribution in [2.24, 2.45) is 5.92 Å². The Morgan fingerprint density at radius 2 is 2.08 bits per heavy atom. The first kappa shape index (κ1) is 10.0. The Morgan fingerprint density at radius 1 is 1.42 bits per heavy atom. The molecule has 2 heteroatoms. The zero-order valence-electron chi connectivity index (χ0n) is 8.05. The fourth-order valence-electron chi connectivity index (χ4n) is 2.16. The molecule has 0 amide bonds. The highest BCUT2D eigenvalue weighted by Gasteiger charge is 2.18. The van der Waals surface area contributed by atoms with Crippen LogP contribution in [0, 0.1) is 5.92 Å². The Labute approximate surface area is 75.4 Å². The molecule has 0 radical (unpaired) electrons. The van der Waals surface area contributed by atoms with Crippen molar-refractivity contribution in [3.63, 3.8) is 0 Å². The van der Waals surface area contributed by atoms with Gasteiger partial charge in [0.15, 0.2) is 0 Å². The minimum atomic E-state index is 0.296. The van der Waals surface area contributed by atoms with Crippen LogP contribution in [0.1, 0.15) is 39.0 Å². The monoisotopic (exact) mass is 171 g/mol. The zero-order valence-corrected chi connectivity index (χ0v) is 8.05. The highest BCUT2D eigenvalue weighted by Crippen LogP contribution is 2.28. The average molecular weight is 171 g/mol. The summed E-state index contributed by atoms with van der Waals surface area (Å²) in [5.41, 5.74) is 0. The van der Waals surface area contributed by atoms with Gasteiger partial charge >= 0.3 is 0 Å². The summed E-state index contributed by atoms with van der Waals surface area (Å²) in [6.07, 6.45) is 6.72. The molecule has 1 aliphatic rings. The Morgan fingerprint density at radius 3 is 2.58 bits per heavy atom. The molecule has 1 rings (SSSR count). The van der Waals surface area contributed by atoms with Gasteiger partial charge in [0.2, 0.25) is 0 Å².